The molecule has 3 aromatic rings. The van der Waals surface area contributed by atoms with Gasteiger partial charge in [-0.15, -0.1) is 5.10 Å². The second-order valence-corrected chi connectivity index (χ2v) is 10.7. The third-order valence-corrected chi connectivity index (χ3v) is 7.19. The van der Waals surface area contributed by atoms with Crippen molar-refractivity contribution in [3.05, 3.63) is 59.9 Å². The van der Waals surface area contributed by atoms with Crippen molar-refractivity contribution in [3.63, 3.8) is 0 Å². The standard InChI is InChI=1S/C23H29N7O3S/c1-17-4-6-19(7-5-17)20-12-21(14-22(13-20)30-16-24-26-27-30)23(31)25-18(2)15-28-8-10-29(11-9-28)34(3,32)33/h4-7,12-14,16,18H,8-11,15H2,1-3H3,(H,25,31). The Balaban J connectivity index is 1.48. The second kappa shape index (κ2) is 10.00. The van der Waals surface area contributed by atoms with Crippen LogP contribution in [0.3, 0.4) is 0 Å². The lowest BCUT2D eigenvalue weighted by atomic mass is 10.0. The molecule has 1 saturated heterocycles. The van der Waals surface area contributed by atoms with Crippen LogP contribution in [0.25, 0.3) is 16.8 Å². The average molecular weight is 484 g/mol. The number of hydrogen-bond acceptors (Lipinski definition) is 7. The van der Waals surface area contributed by atoms with Crippen LogP contribution >= 0.6 is 0 Å². The Labute approximate surface area is 199 Å². The molecule has 0 aliphatic carbocycles. The van der Waals surface area contributed by atoms with E-state index in [0.717, 1.165) is 16.7 Å². The van der Waals surface area contributed by atoms with Crippen LogP contribution < -0.4 is 5.32 Å². The van der Waals surface area contributed by atoms with Gasteiger partial charge in [0.15, 0.2) is 0 Å². The molecule has 1 aliphatic heterocycles. The Morgan fingerprint density at radius 2 is 1.76 bits per heavy atom. The number of amides is 1. The molecule has 11 heteroatoms. The molecule has 2 heterocycles. The van der Waals surface area contributed by atoms with Gasteiger partial charge in [-0.1, -0.05) is 29.8 Å². The van der Waals surface area contributed by atoms with Gasteiger partial charge in [-0.05, 0) is 53.6 Å². The SMILES string of the molecule is Cc1ccc(-c2cc(C(=O)NC(C)CN3CCN(S(C)(=O)=O)CC3)cc(-n3cnnn3)c2)cc1. The highest BCUT2D eigenvalue weighted by molar-refractivity contribution is 7.88. The lowest BCUT2D eigenvalue weighted by Crippen LogP contribution is -2.51. The molecule has 4 rings (SSSR count). The monoisotopic (exact) mass is 483 g/mol. The second-order valence-electron chi connectivity index (χ2n) is 8.73. The first-order chi connectivity index (χ1) is 16.2. The van der Waals surface area contributed by atoms with Crippen LogP contribution in [0.2, 0.25) is 0 Å². The predicted molar refractivity (Wildman–Crippen MR) is 129 cm³/mol. The molecule has 2 aromatic carbocycles. The maximum atomic E-state index is 13.2. The summed E-state index contributed by atoms with van der Waals surface area (Å²) >= 11 is 0. The Bertz CT molecular complexity index is 1240. The van der Waals surface area contributed by atoms with Crippen LogP contribution in [0.5, 0.6) is 0 Å². The maximum Gasteiger partial charge on any atom is 0.251 e. The average Bonchev–Trinajstić information content (AvgIpc) is 3.34. The van der Waals surface area contributed by atoms with Gasteiger partial charge >= 0.3 is 0 Å². The van der Waals surface area contributed by atoms with Gasteiger partial charge in [0, 0.05) is 44.3 Å². The Kier molecular flexibility index (Phi) is 7.05. The van der Waals surface area contributed by atoms with Crippen molar-refractivity contribution in [2.24, 2.45) is 0 Å². The highest BCUT2D eigenvalue weighted by atomic mass is 32.2. The number of rotatable bonds is 7. The van der Waals surface area contributed by atoms with Gasteiger partial charge in [-0.2, -0.15) is 4.31 Å². The molecule has 1 aliphatic rings. The molecule has 1 amide bonds. The topological polar surface area (TPSA) is 113 Å². The molecule has 180 valence electrons. The summed E-state index contributed by atoms with van der Waals surface area (Å²) in [6, 6.07) is 13.6. The van der Waals surface area contributed by atoms with Gasteiger partial charge in [0.05, 0.1) is 11.9 Å². The molecule has 0 bridgehead atoms. The lowest BCUT2D eigenvalue weighted by molar-refractivity contribution is 0.0922. The maximum absolute atomic E-state index is 13.2. The number of carbonyl (C=O) groups is 1. The van der Waals surface area contributed by atoms with Crippen molar-refractivity contribution in [3.8, 4) is 16.8 Å². The number of nitrogens with zero attached hydrogens (tertiary/aromatic N) is 6. The van der Waals surface area contributed by atoms with Gasteiger partial charge in [-0.3, -0.25) is 9.69 Å². The number of carbonyl (C=O) groups excluding carboxylic acids is 1. The van der Waals surface area contributed by atoms with Crippen molar-refractivity contribution < 1.29 is 13.2 Å². The molecule has 0 saturated carbocycles. The molecule has 10 nitrogen and oxygen atoms in total. The first kappa shape index (κ1) is 24.0. The lowest BCUT2D eigenvalue weighted by Gasteiger charge is -2.34. The Morgan fingerprint density at radius 3 is 2.38 bits per heavy atom. The summed E-state index contributed by atoms with van der Waals surface area (Å²) in [5, 5.41) is 14.5. The highest BCUT2D eigenvalue weighted by Crippen LogP contribution is 2.24. The van der Waals surface area contributed by atoms with Gasteiger partial charge in [0.2, 0.25) is 10.0 Å². The van der Waals surface area contributed by atoms with E-state index in [-0.39, 0.29) is 11.9 Å². The highest BCUT2D eigenvalue weighted by Gasteiger charge is 2.24. The number of aryl methyl sites for hydroxylation is 1. The molecule has 1 atom stereocenters. The number of aromatic nitrogens is 4. The number of benzene rings is 2. The number of piperazine rings is 1. The molecule has 1 N–H and O–H groups in total. The van der Waals surface area contributed by atoms with Crippen molar-refractivity contribution >= 4 is 15.9 Å². The normalized spacial score (nSPS) is 16.3. The molecular weight excluding hydrogens is 454 g/mol. The van der Waals surface area contributed by atoms with E-state index in [0.29, 0.717) is 44.0 Å². The summed E-state index contributed by atoms with van der Waals surface area (Å²) in [7, 11) is -3.16. The van der Waals surface area contributed by atoms with E-state index in [1.165, 1.54) is 21.6 Å². The first-order valence-corrected chi connectivity index (χ1v) is 13.0. The van der Waals surface area contributed by atoms with Gasteiger partial charge < -0.3 is 5.32 Å². The molecule has 0 radical (unpaired) electrons. The van der Waals surface area contributed by atoms with Gasteiger partial charge in [0.25, 0.3) is 5.91 Å². The van der Waals surface area contributed by atoms with E-state index in [9.17, 15) is 13.2 Å². The van der Waals surface area contributed by atoms with Gasteiger partial charge in [-0.25, -0.2) is 13.1 Å². The van der Waals surface area contributed by atoms with Crippen LogP contribution in [0.1, 0.15) is 22.8 Å². The summed E-state index contributed by atoms with van der Waals surface area (Å²) in [4.78, 5) is 15.3. The minimum Gasteiger partial charge on any atom is -0.348 e. The van der Waals surface area contributed by atoms with E-state index in [1.807, 2.05) is 50.2 Å². The summed E-state index contributed by atoms with van der Waals surface area (Å²) < 4.78 is 26.4. The smallest absolute Gasteiger partial charge is 0.251 e. The fourth-order valence-electron chi connectivity index (χ4n) is 4.05. The fourth-order valence-corrected chi connectivity index (χ4v) is 4.88. The first-order valence-electron chi connectivity index (χ1n) is 11.1. The van der Waals surface area contributed by atoms with Crippen LogP contribution in [-0.4, -0.2) is 88.8 Å². The van der Waals surface area contributed by atoms with Crippen LogP contribution in [-0.2, 0) is 10.0 Å². The van der Waals surface area contributed by atoms with Crippen LogP contribution in [0.4, 0.5) is 0 Å². The molecule has 0 spiro atoms. The number of nitrogens with one attached hydrogen (secondary N) is 1. The zero-order valence-corrected chi connectivity index (χ0v) is 20.4. The number of sulfonamides is 1. The fraction of sp³-hybridized carbons (Fsp3) is 0.391. The minimum absolute atomic E-state index is 0.114. The Morgan fingerprint density at radius 1 is 1.06 bits per heavy atom. The van der Waals surface area contributed by atoms with Gasteiger partial charge in [0.1, 0.15) is 6.33 Å². The molecule has 34 heavy (non-hydrogen) atoms. The van der Waals surface area contributed by atoms with E-state index in [2.05, 4.69) is 25.7 Å². The van der Waals surface area contributed by atoms with Crippen LogP contribution in [0.15, 0.2) is 48.8 Å². The molecule has 1 fully saturated rings. The van der Waals surface area contributed by atoms with Crippen molar-refractivity contribution in [2.75, 3.05) is 39.0 Å². The quantitative estimate of drug-likeness (QED) is 0.539. The zero-order valence-electron chi connectivity index (χ0n) is 19.5. The summed E-state index contributed by atoms with van der Waals surface area (Å²) in [6.07, 6.45) is 2.73. The minimum atomic E-state index is -3.16. The number of tetrazole rings is 1. The molecular formula is C23H29N7O3S. The van der Waals surface area contributed by atoms with Crippen molar-refractivity contribution in [1.29, 1.82) is 0 Å². The summed E-state index contributed by atoms with van der Waals surface area (Å²) in [5.41, 5.74) is 4.24. The van der Waals surface area contributed by atoms with E-state index < -0.39 is 10.0 Å². The predicted octanol–water partition coefficient (Wildman–Crippen LogP) is 1.33. The van der Waals surface area contributed by atoms with E-state index in [1.54, 1.807) is 6.07 Å². The third-order valence-electron chi connectivity index (χ3n) is 5.89. The van der Waals surface area contributed by atoms with Crippen molar-refractivity contribution in [2.45, 2.75) is 19.9 Å². The summed E-state index contributed by atoms with van der Waals surface area (Å²) in [5.74, 6) is -0.189. The molecule has 1 aromatic heterocycles. The summed E-state index contributed by atoms with van der Waals surface area (Å²) in [6.45, 7) is 6.83. The van der Waals surface area contributed by atoms with Crippen LogP contribution in [0, 0.1) is 6.92 Å². The molecule has 1 unspecified atom stereocenters. The zero-order chi connectivity index (χ0) is 24.3. The van der Waals surface area contributed by atoms with E-state index >= 15 is 0 Å². The van der Waals surface area contributed by atoms with E-state index in [4.69, 9.17) is 0 Å². The Hall–Kier alpha value is -3.15. The third kappa shape index (κ3) is 5.85. The van der Waals surface area contributed by atoms with Crippen molar-refractivity contribution in [1.82, 2.24) is 34.7 Å². The largest absolute Gasteiger partial charge is 0.348 e. The number of hydrogen-bond donors (Lipinski definition) is 1.